The van der Waals surface area contributed by atoms with Crippen molar-refractivity contribution < 1.29 is 18.7 Å². The van der Waals surface area contributed by atoms with Gasteiger partial charge in [0.1, 0.15) is 12.4 Å². The largest absolute Gasteiger partial charge is 0.444 e. The molecule has 4 rings (SSSR count). The third-order valence-corrected chi connectivity index (χ3v) is 5.09. The molecule has 0 unspecified atom stereocenters. The van der Waals surface area contributed by atoms with Gasteiger partial charge in [-0.05, 0) is 59.0 Å². The van der Waals surface area contributed by atoms with Gasteiger partial charge in [-0.15, -0.1) is 0 Å². The number of hydrogen-bond donors (Lipinski definition) is 1. The van der Waals surface area contributed by atoms with Crippen molar-refractivity contribution in [1.29, 1.82) is 0 Å². The number of amides is 1. The molecule has 4 aromatic rings. The molecule has 33 heavy (non-hydrogen) atoms. The molecule has 3 aromatic carbocycles. The van der Waals surface area contributed by atoms with Crippen LogP contribution in [-0.4, -0.2) is 16.6 Å². The molecule has 0 aliphatic rings. The number of nitrogens with one attached hydrogen (secondary N) is 1. The number of benzene rings is 3. The number of nitrogens with zero attached hydrogens (tertiary/aromatic N) is 1. The van der Waals surface area contributed by atoms with Crippen molar-refractivity contribution in [2.75, 3.05) is 5.32 Å². The van der Waals surface area contributed by atoms with Crippen LogP contribution in [0.2, 0.25) is 0 Å². The number of anilines is 1. The number of aromatic nitrogens is 1. The first-order valence-electron chi connectivity index (χ1n) is 10.6. The van der Waals surface area contributed by atoms with Crippen molar-refractivity contribution >= 4 is 17.7 Å². The standard InChI is InChI=1S/C27H23FN2O3/c28-24-10-6-21(7-11-24)17-26(31)29-25-12-8-22(9-13-25)19-33-27(32)30-15-14-23(18-30)16-20-4-2-1-3-5-20/h1-15,18H,16-17,19H2,(H,29,31). The van der Waals surface area contributed by atoms with Gasteiger partial charge in [0.15, 0.2) is 0 Å². The van der Waals surface area contributed by atoms with Crippen LogP contribution >= 0.6 is 0 Å². The maximum atomic E-state index is 13.0. The molecule has 166 valence electrons. The van der Waals surface area contributed by atoms with Gasteiger partial charge in [0.05, 0.1) is 6.42 Å². The molecule has 0 aliphatic heterocycles. The third-order valence-electron chi connectivity index (χ3n) is 5.09. The van der Waals surface area contributed by atoms with Gasteiger partial charge in [0, 0.05) is 18.1 Å². The molecular weight excluding hydrogens is 419 g/mol. The number of halogens is 1. The van der Waals surface area contributed by atoms with E-state index in [1.165, 1.54) is 22.3 Å². The fourth-order valence-corrected chi connectivity index (χ4v) is 3.39. The lowest BCUT2D eigenvalue weighted by atomic mass is 10.1. The van der Waals surface area contributed by atoms with Crippen LogP contribution < -0.4 is 5.32 Å². The van der Waals surface area contributed by atoms with Crippen LogP contribution in [0.25, 0.3) is 0 Å². The second-order valence-electron chi connectivity index (χ2n) is 7.69. The highest BCUT2D eigenvalue weighted by atomic mass is 19.1. The van der Waals surface area contributed by atoms with E-state index in [2.05, 4.69) is 5.32 Å². The molecule has 0 bridgehead atoms. The lowest BCUT2D eigenvalue weighted by Crippen LogP contribution is -2.14. The second-order valence-corrected chi connectivity index (χ2v) is 7.69. The van der Waals surface area contributed by atoms with Crippen LogP contribution in [-0.2, 0) is 29.0 Å². The lowest BCUT2D eigenvalue weighted by Gasteiger charge is -2.08. The van der Waals surface area contributed by atoms with Gasteiger partial charge in [0.25, 0.3) is 0 Å². The summed E-state index contributed by atoms with van der Waals surface area (Å²) in [5.74, 6) is -0.528. The zero-order valence-electron chi connectivity index (χ0n) is 17.9. The van der Waals surface area contributed by atoms with Crippen LogP contribution in [0.5, 0.6) is 0 Å². The number of ether oxygens (including phenoxy) is 1. The summed E-state index contributed by atoms with van der Waals surface area (Å²) in [6.45, 7) is 0.120. The number of hydrogen-bond acceptors (Lipinski definition) is 3. The predicted molar refractivity (Wildman–Crippen MR) is 124 cm³/mol. The van der Waals surface area contributed by atoms with E-state index in [1.54, 1.807) is 48.8 Å². The fourth-order valence-electron chi connectivity index (χ4n) is 3.39. The molecule has 0 saturated heterocycles. The summed E-state index contributed by atoms with van der Waals surface area (Å²) in [6, 6.07) is 24.8. The maximum Gasteiger partial charge on any atom is 0.418 e. The zero-order valence-corrected chi connectivity index (χ0v) is 17.9. The molecule has 1 heterocycles. The van der Waals surface area contributed by atoms with Gasteiger partial charge in [-0.3, -0.25) is 9.36 Å². The number of rotatable bonds is 7. The molecule has 0 atom stereocenters. The topological polar surface area (TPSA) is 60.3 Å². The fraction of sp³-hybridized carbons (Fsp3) is 0.111. The Morgan fingerprint density at radius 3 is 2.21 bits per heavy atom. The van der Waals surface area contributed by atoms with Gasteiger partial charge in [-0.2, -0.15) is 0 Å². The third kappa shape index (κ3) is 6.40. The highest BCUT2D eigenvalue weighted by molar-refractivity contribution is 5.92. The quantitative estimate of drug-likeness (QED) is 0.406. The van der Waals surface area contributed by atoms with Crippen molar-refractivity contribution in [1.82, 2.24) is 4.57 Å². The Labute approximate surface area is 191 Å². The lowest BCUT2D eigenvalue weighted by molar-refractivity contribution is -0.115. The summed E-state index contributed by atoms with van der Waals surface area (Å²) in [6.07, 6.45) is 3.92. The monoisotopic (exact) mass is 442 g/mol. The van der Waals surface area contributed by atoms with Crippen molar-refractivity contribution in [2.45, 2.75) is 19.4 Å². The smallest absolute Gasteiger partial charge is 0.418 e. The van der Waals surface area contributed by atoms with Crippen molar-refractivity contribution in [3.63, 3.8) is 0 Å². The van der Waals surface area contributed by atoms with Crippen LogP contribution in [0.15, 0.2) is 97.3 Å². The van der Waals surface area contributed by atoms with Crippen LogP contribution in [0.3, 0.4) is 0 Å². The summed E-state index contributed by atoms with van der Waals surface area (Å²) in [5, 5.41) is 2.80. The van der Waals surface area contributed by atoms with E-state index in [4.69, 9.17) is 4.74 Å². The Bertz CT molecular complexity index is 1220. The molecule has 5 nitrogen and oxygen atoms in total. The molecular formula is C27H23FN2O3. The van der Waals surface area contributed by atoms with E-state index < -0.39 is 6.09 Å². The Morgan fingerprint density at radius 1 is 0.788 bits per heavy atom. The van der Waals surface area contributed by atoms with Crippen LogP contribution in [0.4, 0.5) is 14.9 Å². The average Bonchev–Trinajstić information content (AvgIpc) is 3.29. The molecule has 0 aliphatic carbocycles. The van der Waals surface area contributed by atoms with E-state index >= 15 is 0 Å². The minimum Gasteiger partial charge on any atom is -0.444 e. The van der Waals surface area contributed by atoms with Gasteiger partial charge < -0.3 is 10.1 Å². The van der Waals surface area contributed by atoms with Crippen LogP contribution in [0, 0.1) is 5.82 Å². The van der Waals surface area contributed by atoms with E-state index in [-0.39, 0.29) is 24.8 Å². The Kier molecular flexibility index (Phi) is 6.95. The first kappa shape index (κ1) is 22.0. The van der Waals surface area contributed by atoms with Gasteiger partial charge >= 0.3 is 6.09 Å². The van der Waals surface area contributed by atoms with Gasteiger partial charge in [-0.25, -0.2) is 9.18 Å². The first-order chi connectivity index (χ1) is 16.0. The SMILES string of the molecule is O=C(Cc1ccc(F)cc1)Nc1ccc(COC(=O)n2ccc(Cc3ccccc3)c2)cc1. The Balaban J connectivity index is 1.25. The molecule has 0 radical (unpaired) electrons. The molecule has 1 aromatic heterocycles. The van der Waals surface area contributed by atoms with Crippen molar-refractivity contribution in [2.24, 2.45) is 0 Å². The number of carbonyl (C=O) groups excluding carboxylic acids is 2. The highest BCUT2D eigenvalue weighted by Gasteiger charge is 2.09. The first-order valence-corrected chi connectivity index (χ1v) is 10.6. The highest BCUT2D eigenvalue weighted by Crippen LogP contribution is 2.14. The van der Waals surface area contributed by atoms with Gasteiger partial charge in [0.2, 0.25) is 5.91 Å². The van der Waals surface area contributed by atoms with Crippen LogP contribution in [0.1, 0.15) is 22.3 Å². The average molecular weight is 442 g/mol. The van der Waals surface area contributed by atoms with E-state index in [1.807, 2.05) is 36.4 Å². The van der Waals surface area contributed by atoms with E-state index in [0.29, 0.717) is 5.69 Å². The second kappa shape index (κ2) is 10.4. The Hall–Kier alpha value is -4.19. The number of carbonyl (C=O) groups is 2. The maximum absolute atomic E-state index is 13.0. The molecule has 0 saturated carbocycles. The zero-order chi connectivity index (χ0) is 23.0. The van der Waals surface area contributed by atoms with Crippen molar-refractivity contribution in [3.05, 3.63) is 125 Å². The van der Waals surface area contributed by atoms with E-state index in [0.717, 1.165) is 23.1 Å². The van der Waals surface area contributed by atoms with E-state index in [9.17, 15) is 14.0 Å². The van der Waals surface area contributed by atoms with Crippen molar-refractivity contribution in [3.8, 4) is 0 Å². The molecule has 0 fully saturated rings. The minimum atomic E-state index is -0.453. The summed E-state index contributed by atoms with van der Waals surface area (Å²) >= 11 is 0. The molecule has 1 N–H and O–H groups in total. The van der Waals surface area contributed by atoms with Gasteiger partial charge in [-0.1, -0.05) is 54.6 Å². The molecule has 1 amide bonds. The molecule has 6 heteroatoms. The summed E-state index contributed by atoms with van der Waals surface area (Å²) in [7, 11) is 0. The molecule has 0 spiro atoms. The Morgan fingerprint density at radius 2 is 1.48 bits per heavy atom. The predicted octanol–water partition coefficient (Wildman–Crippen LogP) is 5.58. The summed E-state index contributed by atoms with van der Waals surface area (Å²) < 4.78 is 19.8. The normalized spacial score (nSPS) is 10.6. The summed E-state index contributed by atoms with van der Waals surface area (Å²) in [5.41, 5.74) is 4.37. The summed E-state index contributed by atoms with van der Waals surface area (Å²) in [4.78, 5) is 24.5. The minimum absolute atomic E-state index is 0.120.